The van der Waals surface area contributed by atoms with E-state index in [4.69, 9.17) is 5.11 Å². The topological polar surface area (TPSA) is 66.4 Å². The molecule has 2 aromatic rings. The van der Waals surface area contributed by atoms with Crippen LogP contribution in [0, 0.1) is 17.5 Å². The zero-order chi connectivity index (χ0) is 15.6. The first-order valence-electron chi connectivity index (χ1n) is 5.67. The summed E-state index contributed by atoms with van der Waals surface area (Å²) in [4.78, 5) is 22.4. The summed E-state index contributed by atoms with van der Waals surface area (Å²) in [5, 5.41) is 11.3. The Balaban J connectivity index is 2.34. The van der Waals surface area contributed by atoms with Crippen LogP contribution in [-0.4, -0.2) is 17.3 Å². The lowest BCUT2D eigenvalue weighted by Gasteiger charge is -2.08. The third-order valence-electron chi connectivity index (χ3n) is 2.66. The van der Waals surface area contributed by atoms with Crippen molar-refractivity contribution in [1.82, 2.24) is 0 Å². The maximum Gasteiger partial charge on any atom is 0.258 e. The van der Waals surface area contributed by atoms with Gasteiger partial charge in [0, 0.05) is 11.3 Å². The van der Waals surface area contributed by atoms with Crippen LogP contribution in [0.4, 0.5) is 18.9 Å². The number of phenolic OH excluding ortho intramolecular Hbond substituents is 1. The van der Waals surface area contributed by atoms with Crippen molar-refractivity contribution in [3.63, 3.8) is 0 Å². The summed E-state index contributed by atoms with van der Waals surface area (Å²) in [6.07, 6.45) is 0.541. The lowest BCUT2D eigenvalue weighted by Crippen LogP contribution is -2.15. The first-order chi connectivity index (χ1) is 9.93. The number of amides is 1. The van der Waals surface area contributed by atoms with Crippen LogP contribution < -0.4 is 5.32 Å². The van der Waals surface area contributed by atoms with Crippen LogP contribution >= 0.6 is 0 Å². The van der Waals surface area contributed by atoms with Crippen molar-refractivity contribution in [2.75, 3.05) is 5.32 Å². The van der Waals surface area contributed by atoms with Gasteiger partial charge in [-0.1, -0.05) is 12.1 Å². The molecule has 2 rings (SSSR count). The van der Waals surface area contributed by atoms with Gasteiger partial charge in [0.15, 0.2) is 17.4 Å². The molecule has 0 aliphatic rings. The SMILES string of the molecule is O=Cc1cccc(NC(=O)c2cc(F)c(F)c(O)c2F)c1. The largest absolute Gasteiger partial charge is 0.503 e. The van der Waals surface area contributed by atoms with Gasteiger partial charge < -0.3 is 10.4 Å². The van der Waals surface area contributed by atoms with Crippen molar-refractivity contribution in [3.8, 4) is 5.75 Å². The van der Waals surface area contributed by atoms with Crippen LogP contribution in [0.15, 0.2) is 30.3 Å². The molecule has 0 aromatic heterocycles. The second kappa shape index (κ2) is 5.66. The molecule has 4 nitrogen and oxygen atoms in total. The van der Waals surface area contributed by atoms with E-state index < -0.39 is 34.7 Å². The third kappa shape index (κ3) is 2.86. The Bertz CT molecular complexity index is 732. The molecular weight excluding hydrogens is 287 g/mol. The zero-order valence-corrected chi connectivity index (χ0v) is 10.4. The summed E-state index contributed by atoms with van der Waals surface area (Å²) in [7, 11) is 0. The molecular formula is C14H8F3NO3. The molecule has 0 fully saturated rings. The molecule has 0 heterocycles. The molecule has 0 spiro atoms. The summed E-state index contributed by atoms with van der Waals surface area (Å²) in [5.41, 5.74) is -0.433. The van der Waals surface area contributed by atoms with Gasteiger partial charge in [0.05, 0.1) is 5.56 Å². The number of aromatic hydroxyl groups is 1. The summed E-state index contributed by atoms with van der Waals surface area (Å²) in [5.74, 6) is -7.56. The quantitative estimate of drug-likeness (QED) is 0.676. The second-order valence-electron chi connectivity index (χ2n) is 4.08. The lowest BCUT2D eigenvalue weighted by atomic mass is 10.1. The Morgan fingerprint density at radius 3 is 2.52 bits per heavy atom. The van der Waals surface area contributed by atoms with Crippen LogP contribution in [0.1, 0.15) is 20.7 Å². The van der Waals surface area contributed by atoms with Crippen molar-refractivity contribution < 1.29 is 27.9 Å². The van der Waals surface area contributed by atoms with Crippen LogP contribution in [0.3, 0.4) is 0 Å². The van der Waals surface area contributed by atoms with E-state index in [1.807, 2.05) is 0 Å². The minimum atomic E-state index is -1.77. The van der Waals surface area contributed by atoms with Gasteiger partial charge in [-0.05, 0) is 18.2 Å². The van der Waals surface area contributed by atoms with E-state index >= 15 is 0 Å². The van der Waals surface area contributed by atoms with Crippen molar-refractivity contribution in [1.29, 1.82) is 0 Å². The Hall–Kier alpha value is -2.83. The number of halogens is 3. The van der Waals surface area contributed by atoms with Crippen molar-refractivity contribution >= 4 is 17.9 Å². The molecule has 0 radical (unpaired) electrons. The zero-order valence-electron chi connectivity index (χ0n) is 10.4. The van der Waals surface area contributed by atoms with E-state index in [0.717, 1.165) is 0 Å². The van der Waals surface area contributed by atoms with Gasteiger partial charge in [-0.15, -0.1) is 0 Å². The lowest BCUT2D eigenvalue weighted by molar-refractivity contribution is 0.102. The van der Waals surface area contributed by atoms with Gasteiger partial charge in [0.2, 0.25) is 5.82 Å². The molecule has 0 saturated carbocycles. The number of carbonyl (C=O) groups excluding carboxylic acids is 2. The van der Waals surface area contributed by atoms with E-state index in [1.165, 1.54) is 24.3 Å². The maximum atomic E-state index is 13.6. The molecule has 2 aromatic carbocycles. The Morgan fingerprint density at radius 1 is 1.14 bits per heavy atom. The molecule has 108 valence electrons. The number of hydrogen-bond donors (Lipinski definition) is 2. The predicted molar refractivity (Wildman–Crippen MR) is 67.8 cm³/mol. The Labute approximate surface area is 116 Å². The van der Waals surface area contributed by atoms with E-state index in [1.54, 1.807) is 0 Å². The highest BCUT2D eigenvalue weighted by Gasteiger charge is 2.22. The fourth-order valence-corrected chi connectivity index (χ4v) is 1.64. The van der Waals surface area contributed by atoms with Gasteiger partial charge in [-0.3, -0.25) is 9.59 Å². The molecule has 21 heavy (non-hydrogen) atoms. The normalized spacial score (nSPS) is 10.2. The highest BCUT2D eigenvalue weighted by atomic mass is 19.2. The van der Waals surface area contributed by atoms with Gasteiger partial charge in [0.25, 0.3) is 5.91 Å². The Morgan fingerprint density at radius 2 is 1.86 bits per heavy atom. The summed E-state index contributed by atoms with van der Waals surface area (Å²) in [6.45, 7) is 0. The minimum absolute atomic E-state index is 0.160. The molecule has 0 unspecified atom stereocenters. The smallest absolute Gasteiger partial charge is 0.258 e. The van der Waals surface area contributed by atoms with Gasteiger partial charge in [0.1, 0.15) is 6.29 Å². The van der Waals surface area contributed by atoms with Crippen LogP contribution in [0.25, 0.3) is 0 Å². The average molecular weight is 295 g/mol. The molecule has 0 aliphatic heterocycles. The minimum Gasteiger partial charge on any atom is -0.503 e. The average Bonchev–Trinajstić information content (AvgIpc) is 2.48. The number of carbonyl (C=O) groups is 2. The van der Waals surface area contributed by atoms with E-state index in [0.29, 0.717) is 12.4 Å². The monoisotopic (exact) mass is 295 g/mol. The first kappa shape index (κ1) is 14.6. The number of nitrogens with one attached hydrogen (secondary N) is 1. The molecule has 0 saturated heterocycles. The van der Waals surface area contributed by atoms with E-state index in [9.17, 15) is 22.8 Å². The molecule has 0 bridgehead atoms. The van der Waals surface area contributed by atoms with Gasteiger partial charge in [-0.2, -0.15) is 4.39 Å². The number of phenols is 1. The number of aldehydes is 1. The first-order valence-corrected chi connectivity index (χ1v) is 5.67. The second-order valence-corrected chi connectivity index (χ2v) is 4.08. The summed E-state index contributed by atoms with van der Waals surface area (Å²) < 4.78 is 39.6. The number of benzene rings is 2. The third-order valence-corrected chi connectivity index (χ3v) is 2.66. The van der Waals surface area contributed by atoms with Crippen LogP contribution in [0.2, 0.25) is 0 Å². The maximum absolute atomic E-state index is 13.6. The summed E-state index contributed by atoms with van der Waals surface area (Å²) in [6, 6.07) is 6.01. The predicted octanol–water partition coefficient (Wildman–Crippen LogP) is 2.87. The molecule has 7 heteroatoms. The van der Waals surface area contributed by atoms with E-state index in [2.05, 4.69) is 5.32 Å². The van der Waals surface area contributed by atoms with Gasteiger partial charge in [-0.25, -0.2) is 8.78 Å². The van der Waals surface area contributed by atoms with Crippen molar-refractivity contribution in [2.45, 2.75) is 0 Å². The van der Waals surface area contributed by atoms with Gasteiger partial charge >= 0.3 is 0 Å². The molecule has 0 aliphatic carbocycles. The van der Waals surface area contributed by atoms with Crippen molar-refractivity contribution in [2.24, 2.45) is 0 Å². The Kier molecular flexibility index (Phi) is 3.93. The highest BCUT2D eigenvalue weighted by Crippen LogP contribution is 2.26. The number of anilines is 1. The summed E-state index contributed by atoms with van der Waals surface area (Å²) >= 11 is 0. The van der Waals surface area contributed by atoms with Crippen LogP contribution in [0.5, 0.6) is 5.75 Å². The highest BCUT2D eigenvalue weighted by molar-refractivity contribution is 6.05. The fraction of sp³-hybridized carbons (Fsp3) is 0. The van der Waals surface area contributed by atoms with Crippen molar-refractivity contribution in [3.05, 3.63) is 58.9 Å². The van der Waals surface area contributed by atoms with Crippen LogP contribution in [-0.2, 0) is 0 Å². The number of hydrogen-bond acceptors (Lipinski definition) is 3. The fourth-order valence-electron chi connectivity index (χ4n) is 1.64. The molecule has 2 N–H and O–H groups in total. The van der Waals surface area contributed by atoms with E-state index in [-0.39, 0.29) is 11.3 Å². The standard InChI is InChI=1S/C14H8F3NO3/c15-10-5-9(11(16)13(20)12(10)17)14(21)18-8-3-1-2-7(4-8)6-19/h1-6,20H,(H,18,21). The molecule has 0 atom stereocenters. The molecule has 1 amide bonds. The number of rotatable bonds is 3.